The molecule has 0 spiro atoms. The van der Waals surface area contributed by atoms with E-state index in [0.29, 0.717) is 24.0 Å². The molecule has 0 fully saturated rings. The Hall–Kier alpha value is -3.10. The van der Waals surface area contributed by atoms with Crippen LogP contribution >= 0.6 is 0 Å². The number of hydrogen-bond acceptors (Lipinski definition) is 5. The molecule has 0 bridgehead atoms. The van der Waals surface area contributed by atoms with Gasteiger partial charge in [-0.2, -0.15) is 0 Å². The summed E-state index contributed by atoms with van der Waals surface area (Å²) in [4.78, 5) is 46.7. The van der Waals surface area contributed by atoms with Gasteiger partial charge in [0, 0.05) is 31.8 Å². The first-order valence-corrected chi connectivity index (χ1v) is 7.55. The highest BCUT2D eigenvalue weighted by atomic mass is 16.6. The zero-order valence-corrected chi connectivity index (χ0v) is 13.9. The third-order valence-corrected chi connectivity index (χ3v) is 3.96. The number of nitrogens with one attached hydrogen (secondary N) is 2. The van der Waals surface area contributed by atoms with E-state index in [0.717, 1.165) is 10.5 Å². The van der Waals surface area contributed by atoms with Crippen molar-refractivity contribution in [3.8, 4) is 0 Å². The second kappa shape index (κ2) is 7.20. The molecule has 0 heterocycles. The molecule has 1 aliphatic rings. The summed E-state index contributed by atoms with van der Waals surface area (Å²) in [5.74, 6) is -1.18. The predicted molar refractivity (Wildman–Crippen MR) is 87.3 cm³/mol. The van der Waals surface area contributed by atoms with Gasteiger partial charge in [-0.3, -0.25) is 9.59 Å². The lowest BCUT2D eigenvalue weighted by molar-refractivity contribution is -0.138. The molecule has 9 heteroatoms. The van der Waals surface area contributed by atoms with Crippen molar-refractivity contribution in [3.63, 3.8) is 0 Å². The highest BCUT2D eigenvalue weighted by Gasteiger charge is 2.43. The number of carbonyl (C=O) groups excluding carboxylic acids is 3. The van der Waals surface area contributed by atoms with E-state index in [2.05, 4.69) is 10.6 Å². The van der Waals surface area contributed by atoms with E-state index in [1.54, 1.807) is 18.2 Å². The smallest absolute Gasteiger partial charge is 0.411 e. The molecule has 1 aromatic rings. The van der Waals surface area contributed by atoms with Gasteiger partial charge in [-0.15, -0.1) is 0 Å². The van der Waals surface area contributed by atoms with Crippen LogP contribution in [0.4, 0.5) is 15.3 Å². The van der Waals surface area contributed by atoms with Gasteiger partial charge in [0.1, 0.15) is 6.54 Å². The van der Waals surface area contributed by atoms with Gasteiger partial charge in [-0.25, -0.2) is 9.59 Å². The Morgan fingerprint density at radius 1 is 1.40 bits per heavy atom. The van der Waals surface area contributed by atoms with Crippen molar-refractivity contribution in [2.75, 3.05) is 26.0 Å². The quantitative estimate of drug-likeness (QED) is 0.679. The first kappa shape index (κ1) is 18.2. The van der Waals surface area contributed by atoms with Gasteiger partial charge in [0.2, 0.25) is 0 Å². The van der Waals surface area contributed by atoms with Gasteiger partial charge in [-0.1, -0.05) is 6.07 Å². The average Bonchev–Trinajstić information content (AvgIpc) is 2.92. The SMILES string of the molecule is CNC(=O)Nc1ccc2c(c1)CC[C@]2(C=O)OC(=O)N(C)CC(=O)O. The molecule has 0 aliphatic heterocycles. The normalized spacial score (nSPS) is 18.0. The molecule has 1 aliphatic carbocycles. The number of fused-ring (bicyclic) bond motifs is 1. The van der Waals surface area contributed by atoms with Crippen molar-refractivity contribution in [2.45, 2.75) is 18.4 Å². The molecule has 2 rings (SSSR count). The number of benzene rings is 1. The third-order valence-electron chi connectivity index (χ3n) is 3.96. The third kappa shape index (κ3) is 3.87. The van der Waals surface area contributed by atoms with E-state index >= 15 is 0 Å². The lowest BCUT2D eigenvalue weighted by Gasteiger charge is -2.27. The van der Waals surface area contributed by atoms with Crippen molar-refractivity contribution in [3.05, 3.63) is 29.3 Å². The summed E-state index contributed by atoms with van der Waals surface area (Å²) >= 11 is 0. The Labute approximate surface area is 143 Å². The molecule has 0 aromatic heterocycles. The van der Waals surface area contributed by atoms with E-state index in [1.165, 1.54) is 14.1 Å². The number of aryl methyl sites for hydroxylation is 1. The summed E-state index contributed by atoms with van der Waals surface area (Å²) in [6, 6.07) is 4.56. The van der Waals surface area contributed by atoms with Crippen LogP contribution in [0.25, 0.3) is 0 Å². The molecule has 25 heavy (non-hydrogen) atoms. The minimum Gasteiger partial charge on any atom is -0.480 e. The van der Waals surface area contributed by atoms with E-state index in [-0.39, 0.29) is 12.5 Å². The number of rotatable bonds is 5. The van der Waals surface area contributed by atoms with Gasteiger partial charge in [0.15, 0.2) is 11.9 Å². The summed E-state index contributed by atoms with van der Waals surface area (Å²) in [6.45, 7) is -0.532. The molecule has 1 atom stereocenters. The Kier molecular flexibility index (Phi) is 5.26. The second-order valence-corrected chi connectivity index (χ2v) is 5.70. The molecular weight excluding hydrogens is 330 g/mol. The highest BCUT2D eigenvalue weighted by molar-refractivity contribution is 5.89. The number of aldehydes is 1. The molecule has 0 unspecified atom stereocenters. The molecule has 3 amide bonds. The van der Waals surface area contributed by atoms with Gasteiger partial charge in [-0.05, 0) is 24.1 Å². The number of hydrogen-bond donors (Lipinski definition) is 3. The molecular formula is C16H19N3O6. The summed E-state index contributed by atoms with van der Waals surface area (Å²) in [7, 11) is 2.77. The minimum absolute atomic E-state index is 0.252. The van der Waals surface area contributed by atoms with Crippen molar-refractivity contribution in [2.24, 2.45) is 0 Å². The molecule has 0 saturated heterocycles. The van der Waals surface area contributed by atoms with Gasteiger partial charge < -0.3 is 25.4 Å². The molecule has 0 radical (unpaired) electrons. The zero-order valence-electron chi connectivity index (χ0n) is 13.9. The van der Waals surface area contributed by atoms with Crippen LogP contribution < -0.4 is 10.6 Å². The summed E-state index contributed by atoms with van der Waals surface area (Å²) in [5.41, 5.74) is 0.399. The lowest BCUT2D eigenvalue weighted by atomic mass is 9.97. The first-order valence-electron chi connectivity index (χ1n) is 7.55. The molecule has 1 aromatic carbocycles. The monoisotopic (exact) mass is 349 g/mol. The Balaban J connectivity index is 2.22. The first-order chi connectivity index (χ1) is 11.8. The van der Waals surface area contributed by atoms with Gasteiger partial charge in [0.25, 0.3) is 0 Å². The zero-order chi connectivity index (χ0) is 18.6. The standard InChI is InChI=1S/C16H19N3O6/c1-17-14(23)18-11-3-4-12-10(7-11)5-6-16(12,9-20)25-15(24)19(2)8-13(21)22/h3-4,7,9H,5-6,8H2,1-2H3,(H,21,22)(H2,17,18,23)/t16-/m1/s1. The number of nitrogens with zero attached hydrogens (tertiary/aromatic N) is 1. The summed E-state index contributed by atoms with van der Waals surface area (Å²) < 4.78 is 5.34. The van der Waals surface area contributed by atoms with Crippen LogP contribution in [-0.2, 0) is 26.3 Å². The topological polar surface area (TPSA) is 125 Å². The predicted octanol–water partition coefficient (Wildman–Crippen LogP) is 0.931. The molecule has 0 saturated carbocycles. The van der Waals surface area contributed by atoms with Crippen LogP contribution in [0.5, 0.6) is 0 Å². The fourth-order valence-corrected chi connectivity index (χ4v) is 2.69. The van der Waals surface area contributed by atoms with Crippen molar-refractivity contribution in [1.82, 2.24) is 10.2 Å². The number of amides is 3. The number of ether oxygens (including phenoxy) is 1. The van der Waals surface area contributed by atoms with Crippen molar-refractivity contribution >= 4 is 30.1 Å². The number of carboxylic acid groups (broad SMARTS) is 1. The lowest BCUT2D eigenvalue weighted by Crippen LogP contribution is -2.39. The number of anilines is 1. The van der Waals surface area contributed by atoms with Crippen LogP contribution in [0.15, 0.2) is 18.2 Å². The van der Waals surface area contributed by atoms with Crippen LogP contribution in [0.3, 0.4) is 0 Å². The van der Waals surface area contributed by atoms with Crippen LogP contribution in [-0.4, -0.2) is 55.0 Å². The number of carboxylic acids is 1. The summed E-state index contributed by atoms with van der Waals surface area (Å²) in [5, 5.41) is 13.8. The number of urea groups is 1. The minimum atomic E-state index is -1.45. The molecule has 134 valence electrons. The van der Waals surface area contributed by atoms with Crippen LogP contribution in [0.1, 0.15) is 17.5 Å². The molecule has 3 N–H and O–H groups in total. The van der Waals surface area contributed by atoms with E-state index in [4.69, 9.17) is 9.84 Å². The average molecular weight is 349 g/mol. The number of likely N-dealkylation sites (N-methyl/N-ethyl adjacent to an activating group) is 1. The van der Waals surface area contributed by atoms with E-state index in [9.17, 15) is 19.2 Å². The maximum Gasteiger partial charge on any atom is 0.411 e. The fourth-order valence-electron chi connectivity index (χ4n) is 2.69. The highest BCUT2D eigenvalue weighted by Crippen LogP contribution is 2.40. The van der Waals surface area contributed by atoms with Gasteiger partial charge in [0.05, 0.1) is 0 Å². The van der Waals surface area contributed by atoms with Crippen LogP contribution in [0.2, 0.25) is 0 Å². The fraction of sp³-hybridized carbons (Fsp3) is 0.375. The van der Waals surface area contributed by atoms with E-state index in [1.807, 2.05) is 0 Å². The van der Waals surface area contributed by atoms with Crippen molar-refractivity contribution < 1.29 is 29.0 Å². The number of aliphatic carboxylic acids is 1. The summed E-state index contributed by atoms with van der Waals surface area (Å²) in [6.07, 6.45) is 0.390. The molecule has 9 nitrogen and oxygen atoms in total. The van der Waals surface area contributed by atoms with E-state index < -0.39 is 24.2 Å². The maximum atomic E-state index is 12.1. The van der Waals surface area contributed by atoms with Crippen molar-refractivity contribution in [1.29, 1.82) is 0 Å². The Bertz CT molecular complexity index is 720. The van der Waals surface area contributed by atoms with Crippen LogP contribution in [0, 0.1) is 0 Å². The largest absolute Gasteiger partial charge is 0.480 e. The van der Waals surface area contributed by atoms with Gasteiger partial charge >= 0.3 is 18.1 Å². The Morgan fingerprint density at radius 2 is 2.12 bits per heavy atom. The Morgan fingerprint density at radius 3 is 2.72 bits per heavy atom. The maximum absolute atomic E-state index is 12.1. The number of carbonyl (C=O) groups is 4. The second-order valence-electron chi connectivity index (χ2n) is 5.70.